The van der Waals surface area contributed by atoms with Crippen LogP contribution in [0.3, 0.4) is 0 Å². The zero-order chi connectivity index (χ0) is 12.6. The lowest BCUT2D eigenvalue weighted by molar-refractivity contribution is 0.511. The molecule has 1 aromatic carbocycles. The first kappa shape index (κ1) is 12.0. The van der Waals surface area contributed by atoms with Crippen molar-refractivity contribution < 1.29 is 4.39 Å². The van der Waals surface area contributed by atoms with E-state index >= 15 is 0 Å². The van der Waals surface area contributed by atoms with E-state index in [0.29, 0.717) is 10.2 Å². The van der Waals surface area contributed by atoms with Crippen LogP contribution in [-0.2, 0) is 0 Å². The number of benzene rings is 1. The smallest absolute Gasteiger partial charge is 0.249 e. The molecule has 1 aromatic heterocycles. The topological polar surface area (TPSA) is 39.8 Å². The number of hydrogen-bond acceptors (Lipinski definition) is 2. The summed E-state index contributed by atoms with van der Waals surface area (Å²) >= 11 is 3.07. The number of halogens is 2. The molecule has 0 unspecified atom stereocenters. The molecule has 0 saturated heterocycles. The minimum Gasteiger partial charge on any atom is -0.249 e. The number of aromatic nitrogens is 3. The van der Waals surface area contributed by atoms with E-state index in [1.165, 1.54) is 21.6 Å². The highest BCUT2D eigenvalue weighted by atomic mass is 79.9. The van der Waals surface area contributed by atoms with Crippen LogP contribution in [0.2, 0.25) is 0 Å². The molecule has 2 aromatic rings. The van der Waals surface area contributed by atoms with Crippen molar-refractivity contribution in [1.29, 1.82) is 0 Å². The summed E-state index contributed by atoms with van der Waals surface area (Å²) in [5.74, 6) is -0.410. The van der Waals surface area contributed by atoms with Gasteiger partial charge in [0.05, 0.1) is 16.2 Å². The molecule has 0 saturated carbocycles. The quantitative estimate of drug-likeness (QED) is 0.855. The van der Waals surface area contributed by atoms with Crippen molar-refractivity contribution in [3.05, 3.63) is 45.3 Å². The van der Waals surface area contributed by atoms with Crippen LogP contribution in [0.4, 0.5) is 4.39 Å². The van der Waals surface area contributed by atoms with Crippen molar-refractivity contribution in [2.45, 2.75) is 19.9 Å². The minimum atomic E-state index is -0.410. The third-order valence-electron chi connectivity index (χ3n) is 2.36. The first-order valence-corrected chi connectivity index (χ1v) is 5.91. The van der Waals surface area contributed by atoms with Gasteiger partial charge < -0.3 is 0 Å². The van der Waals surface area contributed by atoms with Crippen LogP contribution in [0.15, 0.2) is 33.8 Å². The second-order valence-corrected chi connectivity index (χ2v) is 4.77. The molecular formula is C11H11BrFN3O. The molecule has 0 N–H and O–H groups in total. The molecule has 4 nitrogen and oxygen atoms in total. The molecule has 0 atom stereocenters. The van der Waals surface area contributed by atoms with Gasteiger partial charge in [0.2, 0.25) is 0 Å². The highest BCUT2D eigenvalue weighted by molar-refractivity contribution is 9.10. The van der Waals surface area contributed by atoms with Crippen LogP contribution in [-0.4, -0.2) is 14.3 Å². The van der Waals surface area contributed by atoms with Gasteiger partial charge in [0.15, 0.2) is 0 Å². The minimum absolute atomic E-state index is 0.0240. The van der Waals surface area contributed by atoms with Crippen molar-refractivity contribution in [3.63, 3.8) is 0 Å². The van der Waals surface area contributed by atoms with Crippen LogP contribution in [0, 0.1) is 5.82 Å². The maximum Gasteiger partial charge on any atom is 0.350 e. The van der Waals surface area contributed by atoms with E-state index in [9.17, 15) is 9.18 Å². The van der Waals surface area contributed by atoms with E-state index in [2.05, 4.69) is 21.0 Å². The largest absolute Gasteiger partial charge is 0.350 e. The molecule has 0 spiro atoms. The first-order chi connectivity index (χ1) is 8.00. The van der Waals surface area contributed by atoms with Gasteiger partial charge in [0.1, 0.15) is 12.1 Å². The van der Waals surface area contributed by atoms with Crippen molar-refractivity contribution >= 4 is 15.9 Å². The van der Waals surface area contributed by atoms with Gasteiger partial charge in [-0.1, -0.05) is 0 Å². The monoisotopic (exact) mass is 299 g/mol. The Balaban J connectivity index is 2.54. The average Bonchev–Trinajstić information content (AvgIpc) is 2.64. The van der Waals surface area contributed by atoms with Crippen molar-refractivity contribution in [2.24, 2.45) is 0 Å². The third kappa shape index (κ3) is 2.17. The summed E-state index contributed by atoms with van der Waals surface area (Å²) in [6.07, 6.45) is 1.39. The van der Waals surface area contributed by atoms with E-state index in [1.807, 2.05) is 13.8 Å². The van der Waals surface area contributed by atoms with E-state index in [4.69, 9.17) is 0 Å². The Hall–Kier alpha value is -1.43. The molecule has 17 heavy (non-hydrogen) atoms. The molecule has 0 aliphatic heterocycles. The SMILES string of the molecule is CC(C)n1ncn(-c2ccc(Br)c(F)c2)c1=O. The second-order valence-electron chi connectivity index (χ2n) is 3.92. The van der Waals surface area contributed by atoms with Crippen LogP contribution < -0.4 is 5.69 Å². The van der Waals surface area contributed by atoms with Gasteiger partial charge in [-0.05, 0) is 48.0 Å². The summed E-state index contributed by atoms with van der Waals surface area (Å²) in [6, 6.07) is 4.48. The van der Waals surface area contributed by atoms with Gasteiger partial charge in [-0.25, -0.2) is 18.4 Å². The number of rotatable bonds is 2. The first-order valence-electron chi connectivity index (χ1n) is 5.12. The fourth-order valence-corrected chi connectivity index (χ4v) is 1.73. The maximum atomic E-state index is 13.4. The normalized spacial score (nSPS) is 11.1. The van der Waals surface area contributed by atoms with Crippen LogP contribution in [0.25, 0.3) is 5.69 Å². The van der Waals surface area contributed by atoms with E-state index in [1.54, 1.807) is 12.1 Å². The summed E-state index contributed by atoms with van der Waals surface area (Å²) in [5.41, 5.74) is 0.185. The standard InChI is InChI=1S/C11H11BrFN3O/c1-7(2)16-11(17)15(6-14-16)8-3-4-9(12)10(13)5-8/h3-7H,1-2H3. The molecule has 0 aliphatic carbocycles. The Bertz CT molecular complexity index is 603. The molecule has 2 rings (SSSR count). The highest BCUT2D eigenvalue weighted by Crippen LogP contribution is 2.17. The second kappa shape index (κ2) is 4.44. The molecule has 0 aliphatic rings. The fraction of sp³-hybridized carbons (Fsp3) is 0.273. The zero-order valence-electron chi connectivity index (χ0n) is 9.39. The van der Waals surface area contributed by atoms with Crippen molar-refractivity contribution in [1.82, 2.24) is 14.3 Å². The van der Waals surface area contributed by atoms with Crippen molar-refractivity contribution in [2.75, 3.05) is 0 Å². The fourth-order valence-electron chi connectivity index (χ4n) is 1.48. The summed E-state index contributed by atoms with van der Waals surface area (Å²) in [4.78, 5) is 11.9. The lowest BCUT2D eigenvalue weighted by Gasteiger charge is -2.03. The van der Waals surface area contributed by atoms with Crippen LogP contribution >= 0.6 is 15.9 Å². The molecule has 0 radical (unpaired) electrons. The van der Waals surface area contributed by atoms with Gasteiger partial charge >= 0.3 is 5.69 Å². The Labute approximate surface area is 106 Å². The molecule has 90 valence electrons. The highest BCUT2D eigenvalue weighted by Gasteiger charge is 2.10. The number of hydrogen-bond donors (Lipinski definition) is 0. The summed E-state index contributed by atoms with van der Waals surface area (Å²) in [5, 5.41) is 3.98. The lowest BCUT2D eigenvalue weighted by Crippen LogP contribution is -2.25. The predicted molar refractivity (Wildman–Crippen MR) is 65.9 cm³/mol. The van der Waals surface area contributed by atoms with E-state index in [-0.39, 0.29) is 11.7 Å². The third-order valence-corrected chi connectivity index (χ3v) is 3.01. The van der Waals surface area contributed by atoms with Crippen molar-refractivity contribution in [3.8, 4) is 5.69 Å². The lowest BCUT2D eigenvalue weighted by atomic mass is 10.3. The van der Waals surface area contributed by atoms with Crippen LogP contribution in [0.1, 0.15) is 19.9 Å². The zero-order valence-corrected chi connectivity index (χ0v) is 11.0. The van der Waals surface area contributed by atoms with Gasteiger partial charge in [0.25, 0.3) is 0 Å². The molecule has 1 heterocycles. The molecule has 6 heteroatoms. The Morgan fingerprint density at radius 3 is 2.65 bits per heavy atom. The van der Waals surface area contributed by atoms with E-state index < -0.39 is 5.82 Å². The molecule has 0 amide bonds. The van der Waals surface area contributed by atoms with E-state index in [0.717, 1.165) is 0 Å². The van der Waals surface area contributed by atoms with Gasteiger partial charge in [-0.2, -0.15) is 5.10 Å². The van der Waals surface area contributed by atoms with Crippen LogP contribution in [0.5, 0.6) is 0 Å². The molecule has 0 bridgehead atoms. The predicted octanol–water partition coefficient (Wildman–Crippen LogP) is 2.52. The molecular weight excluding hydrogens is 289 g/mol. The summed E-state index contributed by atoms with van der Waals surface area (Å²) in [7, 11) is 0. The Morgan fingerprint density at radius 2 is 2.12 bits per heavy atom. The Morgan fingerprint density at radius 1 is 1.41 bits per heavy atom. The Kier molecular flexibility index (Phi) is 3.15. The maximum absolute atomic E-state index is 13.4. The van der Waals surface area contributed by atoms with Gasteiger partial charge in [-0.15, -0.1) is 0 Å². The molecule has 0 fully saturated rings. The van der Waals surface area contributed by atoms with Gasteiger partial charge in [0, 0.05) is 0 Å². The number of nitrogens with zero attached hydrogens (tertiary/aromatic N) is 3. The summed E-state index contributed by atoms with van der Waals surface area (Å²) in [6.45, 7) is 3.72. The summed E-state index contributed by atoms with van der Waals surface area (Å²) < 4.78 is 16.4. The van der Waals surface area contributed by atoms with Gasteiger partial charge in [-0.3, -0.25) is 0 Å². The average molecular weight is 300 g/mol.